The first-order valence-electron chi connectivity index (χ1n) is 4.88. The quantitative estimate of drug-likeness (QED) is 0.827. The molecule has 3 nitrogen and oxygen atoms in total. The van der Waals surface area contributed by atoms with E-state index in [4.69, 9.17) is 5.73 Å². The number of thiazole rings is 1. The first kappa shape index (κ1) is 11.5. The van der Waals surface area contributed by atoms with Gasteiger partial charge in [0, 0.05) is 19.0 Å². The van der Waals surface area contributed by atoms with E-state index in [0.29, 0.717) is 5.92 Å². The molecule has 14 heavy (non-hydrogen) atoms. The zero-order chi connectivity index (χ0) is 10.7. The van der Waals surface area contributed by atoms with Crippen LogP contribution < -0.4 is 10.6 Å². The van der Waals surface area contributed by atoms with Gasteiger partial charge >= 0.3 is 0 Å². The minimum absolute atomic E-state index is 0.546. The summed E-state index contributed by atoms with van der Waals surface area (Å²) in [7, 11) is 4.04. The van der Waals surface area contributed by atoms with Gasteiger partial charge in [-0.1, -0.05) is 6.92 Å². The maximum absolute atomic E-state index is 5.61. The van der Waals surface area contributed by atoms with Gasteiger partial charge in [0.15, 0.2) is 5.13 Å². The fourth-order valence-electron chi connectivity index (χ4n) is 1.19. The Balaban J connectivity index is 2.77. The molecule has 80 valence electrons. The molecule has 1 rings (SSSR count). The number of hydrogen-bond donors (Lipinski definition) is 1. The van der Waals surface area contributed by atoms with Crippen molar-refractivity contribution < 1.29 is 0 Å². The summed E-state index contributed by atoms with van der Waals surface area (Å²) in [4.78, 5) is 7.92. The molecule has 2 N–H and O–H groups in total. The van der Waals surface area contributed by atoms with E-state index in [-0.39, 0.29) is 0 Å². The largest absolute Gasteiger partial charge is 0.354 e. The zero-order valence-corrected chi connectivity index (χ0v) is 10.2. The summed E-state index contributed by atoms with van der Waals surface area (Å²) in [5, 5.41) is 1.08. The van der Waals surface area contributed by atoms with Gasteiger partial charge in [-0.15, -0.1) is 11.3 Å². The fourth-order valence-corrected chi connectivity index (χ4v) is 2.34. The van der Waals surface area contributed by atoms with Crippen LogP contribution in [0.25, 0.3) is 0 Å². The van der Waals surface area contributed by atoms with Crippen molar-refractivity contribution in [1.82, 2.24) is 4.98 Å². The molecule has 1 unspecified atom stereocenters. The standard InChI is InChI=1S/C10H19N3S/c1-7(6-11)5-9-8(2)12-10(14-9)13(3)4/h7H,5-6,11H2,1-4H3. The van der Waals surface area contributed by atoms with Crippen LogP contribution in [0.3, 0.4) is 0 Å². The van der Waals surface area contributed by atoms with Crippen LogP contribution in [-0.2, 0) is 6.42 Å². The van der Waals surface area contributed by atoms with Crippen LogP contribution in [0.4, 0.5) is 5.13 Å². The molecule has 0 saturated carbocycles. The van der Waals surface area contributed by atoms with Crippen molar-refractivity contribution in [3.8, 4) is 0 Å². The molecule has 0 aliphatic heterocycles. The smallest absolute Gasteiger partial charge is 0.185 e. The number of nitrogens with zero attached hydrogens (tertiary/aromatic N) is 2. The SMILES string of the molecule is Cc1nc(N(C)C)sc1CC(C)CN. The lowest BCUT2D eigenvalue weighted by Gasteiger charge is -2.06. The van der Waals surface area contributed by atoms with Gasteiger partial charge in [0.1, 0.15) is 0 Å². The Kier molecular flexibility index (Phi) is 3.89. The molecule has 1 heterocycles. The third kappa shape index (κ3) is 2.69. The average molecular weight is 213 g/mol. The van der Waals surface area contributed by atoms with Crippen molar-refractivity contribution in [3.05, 3.63) is 10.6 Å². The summed E-state index contributed by atoms with van der Waals surface area (Å²) in [6.45, 7) is 4.99. The number of nitrogens with two attached hydrogens (primary N) is 1. The summed E-state index contributed by atoms with van der Waals surface area (Å²) in [6, 6.07) is 0. The molecule has 0 aliphatic rings. The molecule has 0 aromatic carbocycles. The molecule has 1 aromatic heterocycles. The highest BCUT2D eigenvalue weighted by Crippen LogP contribution is 2.26. The average Bonchev–Trinajstić information content (AvgIpc) is 2.48. The van der Waals surface area contributed by atoms with Crippen LogP contribution in [0.1, 0.15) is 17.5 Å². The molecular weight excluding hydrogens is 194 g/mol. The molecule has 0 spiro atoms. The molecule has 0 fully saturated rings. The van der Waals surface area contributed by atoms with E-state index < -0.39 is 0 Å². The lowest BCUT2D eigenvalue weighted by molar-refractivity contribution is 0.596. The zero-order valence-electron chi connectivity index (χ0n) is 9.37. The number of hydrogen-bond acceptors (Lipinski definition) is 4. The van der Waals surface area contributed by atoms with E-state index in [1.54, 1.807) is 11.3 Å². The Morgan fingerprint density at radius 1 is 1.50 bits per heavy atom. The molecule has 0 bridgehead atoms. The minimum atomic E-state index is 0.546. The van der Waals surface area contributed by atoms with Crippen molar-refractivity contribution in [2.45, 2.75) is 20.3 Å². The summed E-state index contributed by atoms with van der Waals surface area (Å²) in [5.74, 6) is 0.546. The number of aryl methyl sites for hydroxylation is 1. The Labute approximate surface area is 89.9 Å². The summed E-state index contributed by atoms with van der Waals surface area (Å²) in [5.41, 5.74) is 6.76. The molecule has 1 atom stereocenters. The predicted molar refractivity (Wildman–Crippen MR) is 63.1 cm³/mol. The Morgan fingerprint density at radius 3 is 2.57 bits per heavy atom. The van der Waals surface area contributed by atoms with E-state index in [1.807, 2.05) is 19.0 Å². The minimum Gasteiger partial charge on any atom is -0.354 e. The summed E-state index contributed by atoms with van der Waals surface area (Å²) < 4.78 is 0. The second kappa shape index (κ2) is 4.75. The van der Waals surface area contributed by atoms with E-state index in [0.717, 1.165) is 23.8 Å². The number of anilines is 1. The Bertz CT molecular complexity index is 294. The van der Waals surface area contributed by atoms with E-state index in [2.05, 4.69) is 18.8 Å². The van der Waals surface area contributed by atoms with Crippen LogP contribution in [0.15, 0.2) is 0 Å². The van der Waals surface area contributed by atoms with Crippen molar-refractivity contribution in [2.75, 3.05) is 25.5 Å². The molecular formula is C10H19N3S. The van der Waals surface area contributed by atoms with Gasteiger partial charge in [-0.25, -0.2) is 4.98 Å². The van der Waals surface area contributed by atoms with Crippen molar-refractivity contribution >= 4 is 16.5 Å². The molecule has 0 aliphatic carbocycles. The highest BCUT2D eigenvalue weighted by Gasteiger charge is 2.11. The van der Waals surface area contributed by atoms with Crippen LogP contribution in [-0.4, -0.2) is 25.6 Å². The van der Waals surface area contributed by atoms with Gasteiger partial charge in [0.05, 0.1) is 5.69 Å². The van der Waals surface area contributed by atoms with Gasteiger partial charge in [0.2, 0.25) is 0 Å². The first-order chi connectivity index (χ1) is 6.54. The summed E-state index contributed by atoms with van der Waals surface area (Å²) in [6.07, 6.45) is 1.05. The van der Waals surface area contributed by atoms with Gasteiger partial charge in [-0.05, 0) is 25.8 Å². The van der Waals surface area contributed by atoms with Gasteiger partial charge in [0.25, 0.3) is 0 Å². The third-order valence-corrected chi connectivity index (χ3v) is 3.55. The molecule has 0 radical (unpaired) electrons. The van der Waals surface area contributed by atoms with E-state index in [9.17, 15) is 0 Å². The Morgan fingerprint density at radius 2 is 2.14 bits per heavy atom. The van der Waals surface area contributed by atoms with Crippen molar-refractivity contribution in [1.29, 1.82) is 0 Å². The highest BCUT2D eigenvalue weighted by molar-refractivity contribution is 7.15. The predicted octanol–water partition coefficient (Wildman–Crippen LogP) is 1.65. The molecule has 4 heteroatoms. The lowest BCUT2D eigenvalue weighted by atomic mass is 10.1. The van der Waals surface area contributed by atoms with E-state index >= 15 is 0 Å². The topological polar surface area (TPSA) is 42.2 Å². The molecule has 1 aromatic rings. The van der Waals surface area contributed by atoms with Crippen LogP contribution in [0.2, 0.25) is 0 Å². The monoisotopic (exact) mass is 213 g/mol. The van der Waals surface area contributed by atoms with Gasteiger partial charge in [-0.2, -0.15) is 0 Å². The Hall–Kier alpha value is -0.610. The van der Waals surface area contributed by atoms with Gasteiger partial charge < -0.3 is 10.6 Å². The normalized spacial score (nSPS) is 12.9. The summed E-state index contributed by atoms with van der Waals surface area (Å²) >= 11 is 1.77. The lowest BCUT2D eigenvalue weighted by Crippen LogP contribution is -2.12. The van der Waals surface area contributed by atoms with Gasteiger partial charge in [-0.3, -0.25) is 0 Å². The van der Waals surface area contributed by atoms with E-state index in [1.165, 1.54) is 4.88 Å². The third-order valence-electron chi connectivity index (χ3n) is 2.20. The number of rotatable bonds is 4. The fraction of sp³-hybridized carbons (Fsp3) is 0.700. The van der Waals surface area contributed by atoms with Crippen molar-refractivity contribution in [3.63, 3.8) is 0 Å². The number of aromatic nitrogens is 1. The van der Waals surface area contributed by atoms with Crippen LogP contribution >= 0.6 is 11.3 Å². The molecule has 0 amide bonds. The highest BCUT2D eigenvalue weighted by atomic mass is 32.1. The first-order valence-corrected chi connectivity index (χ1v) is 5.70. The second-order valence-corrected chi connectivity index (χ2v) is 5.01. The maximum atomic E-state index is 5.61. The van der Waals surface area contributed by atoms with Crippen LogP contribution in [0, 0.1) is 12.8 Å². The maximum Gasteiger partial charge on any atom is 0.185 e. The van der Waals surface area contributed by atoms with Crippen molar-refractivity contribution in [2.24, 2.45) is 11.7 Å². The second-order valence-electron chi connectivity index (χ2n) is 3.94. The molecule has 0 saturated heterocycles. The van der Waals surface area contributed by atoms with Crippen LogP contribution in [0.5, 0.6) is 0 Å².